The van der Waals surface area contributed by atoms with E-state index in [-0.39, 0.29) is 29.2 Å². The Labute approximate surface area is 244 Å². The number of likely N-dealkylation sites (tertiary alicyclic amines) is 1. The summed E-state index contributed by atoms with van der Waals surface area (Å²) in [4.78, 5) is 43.7. The number of hydrogen-bond donors (Lipinski definition) is 1. The van der Waals surface area contributed by atoms with Crippen molar-refractivity contribution in [2.45, 2.75) is 58.0 Å². The van der Waals surface area contributed by atoms with E-state index in [1.165, 1.54) is 11.3 Å². The Bertz CT molecular complexity index is 1360. The molecular weight excluding hydrogens is 540 g/mol. The van der Waals surface area contributed by atoms with Crippen LogP contribution in [-0.2, 0) is 16.1 Å². The summed E-state index contributed by atoms with van der Waals surface area (Å²) in [7, 11) is 1.62. The summed E-state index contributed by atoms with van der Waals surface area (Å²) in [6, 6.07) is 18.7. The summed E-state index contributed by atoms with van der Waals surface area (Å²) in [6.07, 6.45) is 2.82. The van der Waals surface area contributed by atoms with E-state index in [1.807, 2.05) is 65.6 Å². The van der Waals surface area contributed by atoms with Crippen LogP contribution in [0.2, 0.25) is 0 Å². The van der Waals surface area contributed by atoms with E-state index in [1.54, 1.807) is 12.0 Å². The lowest BCUT2D eigenvalue weighted by molar-refractivity contribution is -0.135. The molecule has 1 aromatic heterocycles. The van der Waals surface area contributed by atoms with Crippen LogP contribution in [-0.4, -0.2) is 47.7 Å². The maximum atomic E-state index is 14.2. The van der Waals surface area contributed by atoms with Gasteiger partial charge in [0.15, 0.2) is 0 Å². The van der Waals surface area contributed by atoms with Gasteiger partial charge in [-0.1, -0.05) is 60.7 Å². The van der Waals surface area contributed by atoms with E-state index in [2.05, 4.69) is 6.92 Å². The molecule has 2 fully saturated rings. The zero-order valence-corrected chi connectivity index (χ0v) is 24.3. The van der Waals surface area contributed by atoms with Crippen LogP contribution in [0.5, 0.6) is 10.8 Å². The molecular formula is C32H36N2O6S. The van der Waals surface area contributed by atoms with Crippen LogP contribution in [0.15, 0.2) is 60.7 Å². The molecule has 216 valence electrons. The van der Waals surface area contributed by atoms with Crippen molar-refractivity contribution in [1.29, 1.82) is 0 Å². The van der Waals surface area contributed by atoms with Gasteiger partial charge in [-0.05, 0) is 67.3 Å². The second-order valence-corrected chi connectivity index (χ2v) is 12.0. The first-order valence-corrected chi connectivity index (χ1v) is 15.0. The first-order chi connectivity index (χ1) is 19.8. The van der Waals surface area contributed by atoms with E-state index in [4.69, 9.17) is 9.47 Å². The van der Waals surface area contributed by atoms with Gasteiger partial charge in [0.05, 0.1) is 12.8 Å². The highest BCUT2D eigenvalue weighted by Gasteiger charge is 2.39. The molecule has 2 aromatic carbocycles. The fourth-order valence-electron chi connectivity index (χ4n) is 5.83. The van der Waals surface area contributed by atoms with Gasteiger partial charge in [-0.3, -0.25) is 9.59 Å². The molecule has 9 heteroatoms. The molecule has 1 unspecified atom stereocenters. The number of thiophene rings is 1. The maximum absolute atomic E-state index is 14.2. The standard InChI is InChI=1S/C32H36N2O6S/c1-21-8-12-24(13-9-21)30(36)34(27-19-28(23-6-4-3-5-7-23)41-31(27)40-32(37)38)25-16-17-33(29(35)18-25)20-22-10-14-26(39-2)15-11-22/h3-7,10-11,14-15,19,21,24-25H,8-9,12-13,16-18,20H2,1-2H3,(H,37,38). The highest BCUT2D eigenvalue weighted by Crippen LogP contribution is 2.46. The van der Waals surface area contributed by atoms with Crippen molar-refractivity contribution >= 4 is 35.0 Å². The summed E-state index contributed by atoms with van der Waals surface area (Å²) in [5, 5.41) is 9.70. The topological polar surface area (TPSA) is 96.4 Å². The molecule has 2 heterocycles. The third-order valence-corrected chi connectivity index (χ3v) is 9.22. The number of nitrogens with zero attached hydrogens (tertiary/aromatic N) is 2. The predicted molar refractivity (Wildman–Crippen MR) is 158 cm³/mol. The molecule has 5 rings (SSSR count). The lowest BCUT2D eigenvalue weighted by Gasteiger charge is -2.40. The SMILES string of the molecule is COc1ccc(CN2CCC(N(C(=O)C3CCC(C)CC3)c3cc(-c4ccccc4)sc3OC(=O)O)CC2=O)cc1. The number of anilines is 1. The fourth-order valence-corrected chi connectivity index (χ4v) is 6.83. The van der Waals surface area contributed by atoms with Crippen molar-refractivity contribution in [2.75, 3.05) is 18.6 Å². The van der Waals surface area contributed by atoms with Crippen molar-refractivity contribution < 1.29 is 29.0 Å². The van der Waals surface area contributed by atoms with Crippen LogP contribution in [0.25, 0.3) is 10.4 Å². The molecule has 1 saturated heterocycles. The highest BCUT2D eigenvalue weighted by atomic mass is 32.1. The quantitative estimate of drug-likeness (QED) is 0.295. The molecule has 0 radical (unpaired) electrons. The monoisotopic (exact) mass is 576 g/mol. The van der Waals surface area contributed by atoms with Gasteiger partial charge in [-0.15, -0.1) is 0 Å². The van der Waals surface area contributed by atoms with Crippen molar-refractivity contribution in [3.63, 3.8) is 0 Å². The molecule has 2 amide bonds. The molecule has 0 spiro atoms. The lowest BCUT2D eigenvalue weighted by Crippen LogP contribution is -2.51. The van der Waals surface area contributed by atoms with Crippen molar-refractivity contribution in [3.8, 4) is 21.3 Å². The second kappa shape index (κ2) is 12.8. The van der Waals surface area contributed by atoms with Crippen molar-refractivity contribution in [3.05, 3.63) is 66.2 Å². The Kier molecular flexibility index (Phi) is 8.93. The predicted octanol–water partition coefficient (Wildman–Crippen LogP) is 6.83. The summed E-state index contributed by atoms with van der Waals surface area (Å²) < 4.78 is 10.5. The highest BCUT2D eigenvalue weighted by molar-refractivity contribution is 7.18. The third-order valence-electron chi connectivity index (χ3n) is 8.17. The Morgan fingerprint density at radius 2 is 1.73 bits per heavy atom. The average Bonchev–Trinajstić information content (AvgIpc) is 3.38. The van der Waals surface area contributed by atoms with E-state index < -0.39 is 12.2 Å². The van der Waals surface area contributed by atoms with E-state index in [0.717, 1.165) is 47.4 Å². The van der Waals surface area contributed by atoms with Crippen LogP contribution >= 0.6 is 11.3 Å². The minimum Gasteiger partial charge on any atom is -0.497 e. The molecule has 0 bridgehead atoms. The lowest BCUT2D eigenvalue weighted by atomic mass is 9.82. The summed E-state index contributed by atoms with van der Waals surface area (Å²) in [5.41, 5.74) is 2.34. The number of rotatable bonds is 8. The van der Waals surface area contributed by atoms with Crippen LogP contribution in [0.3, 0.4) is 0 Å². The van der Waals surface area contributed by atoms with Crippen LogP contribution in [0.1, 0.15) is 51.0 Å². The van der Waals surface area contributed by atoms with Crippen LogP contribution < -0.4 is 14.4 Å². The van der Waals surface area contributed by atoms with Gasteiger partial charge in [0, 0.05) is 36.3 Å². The first kappa shape index (κ1) is 28.7. The van der Waals surface area contributed by atoms with Gasteiger partial charge in [0.2, 0.25) is 16.9 Å². The largest absolute Gasteiger partial charge is 0.512 e. The zero-order chi connectivity index (χ0) is 28.9. The Morgan fingerprint density at radius 3 is 2.37 bits per heavy atom. The molecule has 8 nitrogen and oxygen atoms in total. The van der Waals surface area contributed by atoms with Crippen LogP contribution in [0.4, 0.5) is 10.5 Å². The number of ether oxygens (including phenoxy) is 2. The molecule has 1 aliphatic carbocycles. The molecule has 3 aromatic rings. The molecule has 1 saturated carbocycles. The third kappa shape index (κ3) is 6.73. The Balaban J connectivity index is 1.44. The molecule has 1 aliphatic heterocycles. The first-order valence-electron chi connectivity index (χ1n) is 14.2. The Hall–Kier alpha value is -3.85. The number of hydrogen-bond acceptors (Lipinski definition) is 6. The second-order valence-electron chi connectivity index (χ2n) is 11.0. The number of carbonyl (C=O) groups is 3. The number of amides is 2. The summed E-state index contributed by atoms with van der Waals surface area (Å²) in [6.45, 7) is 3.18. The van der Waals surface area contributed by atoms with E-state index >= 15 is 0 Å². The van der Waals surface area contributed by atoms with Gasteiger partial charge in [0.25, 0.3) is 0 Å². The number of carbonyl (C=O) groups excluding carboxylic acids is 2. The van der Waals surface area contributed by atoms with Gasteiger partial charge in [-0.2, -0.15) is 0 Å². The number of benzene rings is 2. The maximum Gasteiger partial charge on any atom is 0.512 e. The van der Waals surface area contributed by atoms with Gasteiger partial charge in [-0.25, -0.2) is 4.79 Å². The molecule has 41 heavy (non-hydrogen) atoms. The zero-order valence-electron chi connectivity index (χ0n) is 23.5. The van der Waals surface area contributed by atoms with E-state index in [9.17, 15) is 19.5 Å². The smallest absolute Gasteiger partial charge is 0.497 e. The average molecular weight is 577 g/mol. The summed E-state index contributed by atoms with van der Waals surface area (Å²) in [5.74, 6) is 1.08. The number of piperidine rings is 1. The summed E-state index contributed by atoms with van der Waals surface area (Å²) >= 11 is 1.20. The minimum absolute atomic E-state index is 0.0358. The molecule has 1 atom stereocenters. The van der Waals surface area contributed by atoms with E-state index in [0.29, 0.717) is 31.1 Å². The van der Waals surface area contributed by atoms with Crippen molar-refractivity contribution in [2.24, 2.45) is 11.8 Å². The fraction of sp³-hybridized carbons (Fsp3) is 0.406. The number of carboxylic acid groups (broad SMARTS) is 1. The Morgan fingerprint density at radius 1 is 1.02 bits per heavy atom. The number of methoxy groups -OCH3 is 1. The van der Waals surface area contributed by atoms with Gasteiger partial charge < -0.3 is 24.4 Å². The van der Waals surface area contributed by atoms with Crippen molar-refractivity contribution in [1.82, 2.24) is 4.90 Å². The minimum atomic E-state index is -1.43. The normalized spacial score (nSPS) is 20.9. The van der Waals surface area contributed by atoms with Crippen LogP contribution in [0, 0.1) is 11.8 Å². The molecule has 1 N–H and O–H groups in total. The van der Waals surface area contributed by atoms with Gasteiger partial charge >= 0.3 is 6.16 Å². The molecule has 2 aliphatic rings. The van der Waals surface area contributed by atoms with Gasteiger partial charge in [0.1, 0.15) is 5.75 Å².